The van der Waals surface area contributed by atoms with Gasteiger partial charge in [-0.05, 0) is 36.8 Å². The van der Waals surface area contributed by atoms with Gasteiger partial charge in [0, 0.05) is 19.7 Å². The molecule has 1 aliphatic rings. The molecule has 0 spiro atoms. The van der Waals surface area contributed by atoms with Gasteiger partial charge in [-0.1, -0.05) is 31.2 Å². The molecule has 0 fully saturated rings. The highest BCUT2D eigenvalue weighted by atomic mass is 16.3. The van der Waals surface area contributed by atoms with Gasteiger partial charge in [0.1, 0.15) is 5.82 Å². The van der Waals surface area contributed by atoms with Crippen LogP contribution >= 0.6 is 0 Å². The highest BCUT2D eigenvalue weighted by Crippen LogP contribution is 2.34. The van der Waals surface area contributed by atoms with Crippen LogP contribution in [-0.2, 0) is 19.9 Å². The summed E-state index contributed by atoms with van der Waals surface area (Å²) in [5.74, 6) is 0.675. The van der Waals surface area contributed by atoms with Crippen LogP contribution in [0.2, 0.25) is 0 Å². The molecule has 2 N–H and O–H groups in total. The maximum absolute atomic E-state index is 12.9. The molecule has 1 atom stereocenters. The fraction of sp³-hybridized carbons (Fsp3) is 0.474. The van der Waals surface area contributed by atoms with Gasteiger partial charge in [-0.2, -0.15) is 5.10 Å². The second kappa shape index (κ2) is 7.70. The van der Waals surface area contributed by atoms with Crippen molar-refractivity contribution in [3.05, 3.63) is 47.2 Å². The van der Waals surface area contributed by atoms with Gasteiger partial charge in [-0.15, -0.1) is 0 Å². The number of urea groups is 1. The van der Waals surface area contributed by atoms with Crippen LogP contribution in [0.25, 0.3) is 0 Å². The van der Waals surface area contributed by atoms with Gasteiger partial charge in [0.15, 0.2) is 0 Å². The van der Waals surface area contributed by atoms with E-state index in [0.717, 1.165) is 31.4 Å². The van der Waals surface area contributed by atoms with E-state index in [2.05, 4.69) is 22.5 Å². The lowest BCUT2D eigenvalue weighted by Crippen LogP contribution is -2.41. The molecule has 0 saturated heterocycles. The van der Waals surface area contributed by atoms with E-state index in [1.807, 2.05) is 32.2 Å². The van der Waals surface area contributed by atoms with Crippen molar-refractivity contribution < 1.29 is 9.90 Å². The minimum Gasteiger partial charge on any atom is -0.395 e. The molecule has 1 aromatic heterocycles. The molecule has 1 heterocycles. The Morgan fingerprint density at radius 2 is 2.24 bits per heavy atom. The molecule has 1 aliphatic carbocycles. The first-order chi connectivity index (χ1) is 12.1. The van der Waals surface area contributed by atoms with Crippen molar-refractivity contribution in [1.29, 1.82) is 0 Å². The number of hydrogen-bond donors (Lipinski definition) is 2. The highest BCUT2D eigenvalue weighted by Gasteiger charge is 2.29. The lowest BCUT2D eigenvalue weighted by Gasteiger charge is -2.35. The Bertz CT molecular complexity index is 741. The quantitative estimate of drug-likeness (QED) is 0.878. The molecule has 6 heteroatoms. The van der Waals surface area contributed by atoms with Crippen LogP contribution in [0.3, 0.4) is 0 Å². The van der Waals surface area contributed by atoms with Gasteiger partial charge >= 0.3 is 6.03 Å². The predicted molar refractivity (Wildman–Crippen MR) is 97.5 cm³/mol. The number of carbonyl (C=O) groups is 1. The first kappa shape index (κ1) is 17.5. The molecular formula is C19H26N4O2. The Hall–Kier alpha value is -2.34. The van der Waals surface area contributed by atoms with Gasteiger partial charge in [0.05, 0.1) is 18.3 Å². The molecule has 0 radical (unpaired) electrons. The van der Waals surface area contributed by atoms with Crippen LogP contribution in [-0.4, -0.2) is 39.0 Å². The summed E-state index contributed by atoms with van der Waals surface area (Å²) in [7, 11) is 1.82. The number of rotatable bonds is 5. The van der Waals surface area contributed by atoms with Gasteiger partial charge in [0.25, 0.3) is 0 Å². The van der Waals surface area contributed by atoms with E-state index in [1.54, 1.807) is 9.58 Å². The van der Waals surface area contributed by atoms with Gasteiger partial charge < -0.3 is 10.0 Å². The largest absolute Gasteiger partial charge is 0.395 e. The third kappa shape index (κ3) is 3.69. The number of nitrogens with one attached hydrogen (secondary N) is 1. The van der Waals surface area contributed by atoms with Crippen molar-refractivity contribution in [2.24, 2.45) is 7.05 Å². The van der Waals surface area contributed by atoms with E-state index in [9.17, 15) is 9.90 Å². The number of anilines is 1. The summed E-state index contributed by atoms with van der Waals surface area (Å²) in [6, 6.07) is 9.98. The summed E-state index contributed by atoms with van der Waals surface area (Å²) >= 11 is 0. The molecule has 1 aromatic carbocycles. The third-order valence-electron chi connectivity index (χ3n) is 4.84. The van der Waals surface area contributed by atoms with Crippen LogP contribution in [0.5, 0.6) is 0 Å². The van der Waals surface area contributed by atoms with E-state index in [4.69, 9.17) is 0 Å². The third-order valence-corrected chi connectivity index (χ3v) is 4.84. The van der Waals surface area contributed by atoms with E-state index in [-0.39, 0.29) is 18.7 Å². The number of carbonyl (C=O) groups excluding carboxylic acids is 1. The standard InChI is InChI=1S/C19H26N4O2/c1-3-15-13-18(22(2)21-15)20-19(25)23(11-12-24)17-10-6-8-14-7-4-5-9-16(14)17/h4-5,7,9,13,17,24H,3,6,8,10-12H2,1-2H3,(H,20,25). The Morgan fingerprint density at radius 1 is 1.44 bits per heavy atom. The number of aliphatic hydroxyl groups is 1. The number of hydrogen-bond acceptors (Lipinski definition) is 3. The Morgan fingerprint density at radius 3 is 2.96 bits per heavy atom. The fourth-order valence-corrected chi connectivity index (χ4v) is 3.56. The fourth-order valence-electron chi connectivity index (χ4n) is 3.56. The minimum atomic E-state index is -0.193. The zero-order valence-electron chi connectivity index (χ0n) is 14.9. The van der Waals surface area contributed by atoms with Crippen LogP contribution in [0.15, 0.2) is 30.3 Å². The van der Waals surface area contributed by atoms with E-state index in [1.165, 1.54) is 11.1 Å². The number of aryl methyl sites for hydroxylation is 3. The minimum absolute atomic E-state index is 0.00373. The average molecular weight is 342 g/mol. The molecule has 2 amide bonds. The van der Waals surface area contributed by atoms with Gasteiger partial charge in [-0.25, -0.2) is 4.79 Å². The van der Waals surface area contributed by atoms with Crippen molar-refractivity contribution in [3.63, 3.8) is 0 Å². The molecule has 0 bridgehead atoms. The monoisotopic (exact) mass is 342 g/mol. The molecule has 25 heavy (non-hydrogen) atoms. The van der Waals surface area contributed by atoms with Crippen LogP contribution in [0, 0.1) is 0 Å². The number of amides is 2. The highest BCUT2D eigenvalue weighted by molar-refractivity contribution is 5.89. The first-order valence-electron chi connectivity index (χ1n) is 8.93. The Balaban J connectivity index is 1.83. The van der Waals surface area contributed by atoms with E-state index >= 15 is 0 Å². The van der Waals surface area contributed by atoms with Crippen molar-refractivity contribution in [3.8, 4) is 0 Å². The summed E-state index contributed by atoms with van der Waals surface area (Å²) in [4.78, 5) is 14.7. The second-order valence-corrected chi connectivity index (χ2v) is 6.45. The number of benzene rings is 1. The normalized spacial score (nSPS) is 16.4. The first-order valence-corrected chi connectivity index (χ1v) is 8.93. The Labute approximate surface area is 148 Å². The summed E-state index contributed by atoms with van der Waals surface area (Å²) < 4.78 is 1.68. The summed E-state index contributed by atoms with van der Waals surface area (Å²) in [5.41, 5.74) is 3.43. The molecule has 0 saturated carbocycles. The Kier molecular flexibility index (Phi) is 5.38. The van der Waals surface area contributed by atoms with E-state index < -0.39 is 0 Å². The SMILES string of the molecule is CCc1cc(NC(=O)N(CCO)C2CCCc3ccccc32)n(C)n1. The van der Waals surface area contributed by atoms with E-state index in [0.29, 0.717) is 12.4 Å². The number of nitrogens with zero attached hydrogens (tertiary/aromatic N) is 3. The van der Waals surface area contributed by atoms with Crippen molar-refractivity contribution >= 4 is 11.8 Å². The maximum atomic E-state index is 12.9. The molecule has 2 aromatic rings. The summed E-state index contributed by atoms with van der Waals surface area (Å²) in [6.07, 6.45) is 3.82. The smallest absolute Gasteiger partial charge is 0.323 e. The predicted octanol–water partition coefficient (Wildman–Crippen LogP) is 2.89. The van der Waals surface area contributed by atoms with Crippen LogP contribution in [0.1, 0.15) is 42.6 Å². The zero-order chi connectivity index (χ0) is 17.8. The molecular weight excluding hydrogens is 316 g/mol. The lowest BCUT2D eigenvalue weighted by molar-refractivity contribution is 0.154. The molecule has 6 nitrogen and oxygen atoms in total. The molecule has 3 rings (SSSR count). The topological polar surface area (TPSA) is 70.4 Å². The van der Waals surface area contributed by atoms with Crippen LogP contribution < -0.4 is 5.32 Å². The molecule has 1 unspecified atom stereocenters. The van der Waals surface area contributed by atoms with Crippen molar-refractivity contribution in [1.82, 2.24) is 14.7 Å². The van der Waals surface area contributed by atoms with Crippen molar-refractivity contribution in [2.45, 2.75) is 38.6 Å². The molecule has 134 valence electrons. The van der Waals surface area contributed by atoms with Crippen molar-refractivity contribution in [2.75, 3.05) is 18.5 Å². The zero-order valence-corrected chi connectivity index (χ0v) is 14.9. The number of fused-ring (bicyclic) bond motifs is 1. The van der Waals surface area contributed by atoms with Gasteiger partial charge in [-0.3, -0.25) is 10.00 Å². The maximum Gasteiger partial charge on any atom is 0.323 e. The van der Waals surface area contributed by atoms with Gasteiger partial charge in [0.2, 0.25) is 0 Å². The van der Waals surface area contributed by atoms with Crippen LogP contribution in [0.4, 0.5) is 10.6 Å². The molecule has 0 aliphatic heterocycles. The average Bonchev–Trinajstić information content (AvgIpc) is 2.99. The summed E-state index contributed by atoms with van der Waals surface area (Å²) in [6.45, 7) is 2.28. The number of aromatic nitrogens is 2. The second-order valence-electron chi connectivity index (χ2n) is 6.45. The number of aliphatic hydroxyl groups excluding tert-OH is 1. The lowest BCUT2D eigenvalue weighted by atomic mass is 9.87. The summed E-state index contributed by atoms with van der Waals surface area (Å²) in [5, 5.41) is 16.8.